The van der Waals surface area contributed by atoms with Crippen LogP contribution in [0.15, 0.2) is 0 Å². The summed E-state index contributed by atoms with van der Waals surface area (Å²) in [5.74, 6) is -0.339. The van der Waals surface area contributed by atoms with Crippen LogP contribution < -0.4 is 0 Å². The molecule has 3 heteroatoms. The van der Waals surface area contributed by atoms with Crippen molar-refractivity contribution in [2.24, 2.45) is 0 Å². The molecule has 0 aliphatic rings. The molecule has 0 saturated carbocycles. The number of hydrogen-bond donors (Lipinski definition) is 1. The summed E-state index contributed by atoms with van der Waals surface area (Å²) in [6, 6.07) is 0. The molecule has 55 valence electrons. The topological polar surface area (TPSA) is 28.7 Å². The van der Waals surface area contributed by atoms with Gasteiger partial charge in [-0.15, -0.1) is 0 Å². The Hall–Kier alpha value is -0.860. The van der Waals surface area contributed by atoms with Crippen LogP contribution >= 0.6 is 0 Å². The maximum Gasteiger partial charge on any atom is 0.173 e. The maximum absolute atomic E-state index is 12.5. The van der Waals surface area contributed by atoms with E-state index in [0.29, 0.717) is 5.69 Å². The first-order valence-electron chi connectivity index (χ1n) is 3.45. The number of aromatic amines is 1. The predicted octanol–water partition coefficient (Wildman–Crippen LogP) is 1.69. The summed E-state index contributed by atoms with van der Waals surface area (Å²) in [4.78, 5) is 0. The van der Waals surface area contributed by atoms with Crippen molar-refractivity contribution in [3.8, 4) is 0 Å². The second-order valence-electron chi connectivity index (χ2n) is 2.23. The fraction of sp³-hybridized carbons (Fsp3) is 0.571. The molecule has 10 heavy (non-hydrogen) atoms. The number of aromatic nitrogens is 2. The van der Waals surface area contributed by atoms with Crippen molar-refractivity contribution in [1.82, 2.24) is 10.2 Å². The van der Waals surface area contributed by atoms with Crippen molar-refractivity contribution in [3.05, 3.63) is 17.7 Å². The van der Waals surface area contributed by atoms with Crippen molar-refractivity contribution < 1.29 is 4.39 Å². The summed E-state index contributed by atoms with van der Waals surface area (Å²) in [7, 11) is 0. The van der Waals surface area contributed by atoms with Crippen LogP contribution in [0.1, 0.15) is 25.5 Å². The minimum Gasteiger partial charge on any atom is -0.279 e. The SMILES string of the molecule is CCCCc1[nH]n[c]c1F. The summed E-state index contributed by atoms with van der Waals surface area (Å²) in [5.41, 5.74) is 0.571. The van der Waals surface area contributed by atoms with Crippen molar-refractivity contribution in [2.45, 2.75) is 26.2 Å². The van der Waals surface area contributed by atoms with E-state index in [1.807, 2.05) is 0 Å². The van der Waals surface area contributed by atoms with Crippen LogP contribution in [0.25, 0.3) is 0 Å². The minimum atomic E-state index is -0.339. The van der Waals surface area contributed by atoms with Crippen LogP contribution in [-0.2, 0) is 6.42 Å². The van der Waals surface area contributed by atoms with Crippen molar-refractivity contribution >= 4 is 0 Å². The van der Waals surface area contributed by atoms with E-state index in [4.69, 9.17) is 0 Å². The Morgan fingerprint density at radius 1 is 1.70 bits per heavy atom. The molecule has 1 rings (SSSR count). The normalized spacial score (nSPS) is 10.2. The summed E-state index contributed by atoms with van der Waals surface area (Å²) < 4.78 is 12.5. The lowest BCUT2D eigenvalue weighted by molar-refractivity contribution is 0.600. The van der Waals surface area contributed by atoms with Gasteiger partial charge in [0.05, 0.1) is 5.69 Å². The zero-order chi connectivity index (χ0) is 7.40. The number of halogens is 1. The summed E-state index contributed by atoms with van der Waals surface area (Å²) in [6.45, 7) is 2.07. The van der Waals surface area contributed by atoms with E-state index in [1.54, 1.807) is 0 Å². The molecule has 0 unspecified atom stereocenters. The molecule has 0 atom stereocenters. The number of nitrogens with one attached hydrogen (secondary N) is 1. The molecule has 1 heterocycles. The van der Waals surface area contributed by atoms with Gasteiger partial charge in [0.1, 0.15) is 0 Å². The lowest BCUT2D eigenvalue weighted by Crippen LogP contribution is -1.87. The Kier molecular flexibility index (Phi) is 2.42. The molecular formula is C7H10FN2. The number of hydrogen-bond acceptors (Lipinski definition) is 1. The van der Waals surface area contributed by atoms with Crippen LogP contribution in [0.5, 0.6) is 0 Å². The van der Waals surface area contributed by atoms with Crippen LogP contribution in [0.3, 0.4) is 0 Å². The van der Waals surface area contributed by atoms with Gasteiger partial charge in [0, 0.05) is 0 Å². The van der Waals surface area contributed by atoms with Gasteiger partial charge in [0.2, 0.25) is 0 Å². The minimum absolute atomic E-state index is 0.339. The quantitative estimate of drug-likeness (QED) is 0.681. The first kappa shape index (κ1) is 7.25. The second kappa shape index (κ2) is 3.34. The zero-order valence-corrected chi connectivity index (χ0v) is 5.95. The van der Waals surface area contributed by atoms with Crippen molar-refractivity contribution in [2.75, 3.05) is 0 Å². The molecule has 1 aromatic heterocycles. The predicted molar refractivity (Wildman–Crippen MR) is 36.0 cm³/mol. The standard InChI is InChI=1S/C7H10FN2/c1-2-3-4-7-6(8)5-9-10-7/h2-4H2,1H3,(H,9,10). The van der Waals surface area contributed by atoms with Crippen LogP contribution in [-0.4, -0.2) is 10.2 Å². The van der Waals surface area contributed by atoms with Crippen LogP contribution in [0, 0.1) is 12.0 Å². The van der Waals surface area contributed by atoms with Gasteiger partial charge >= 0.3 is 0 Å². The van der Waals surface area contributed by atoms with Gasteiger partial charge < -0.3 is 0 Å². The van der Waals surface area contributed by atoms with E-state index in [9.17, 15) is 4.39 Å². The third-order valence-corrected chi connectivity index (χ3v) is 1.39. The average molecular weight is 141 g/mol. The van der Waals surface area contributed by atoms with Crippen LogP contribution in [0.4, 0.5) is 4.39 Å². The molecule has 0 saturated heterocycles. The monoisotopic (exact) mass is 141 g/mol. The lowest BCUT2D eigenvalue weighted by Gasteiger charge is -1.92. The molecule has 0 aliphatic carbocycles. The summed E-state index contributed by atoms with van der Waals surface area (Å²) in [6.07, 6.45) is 5.00. The van der Waals surface area contributed by atoms with E-state index in [-0.39, 0.29) is 5.82 Å². The smallest absolute Gasteiger partial charge is 0.173 e. The number of unbranched alkanes of at least 4 members (excludes halogenated alkanes) is 1. The molecule has 0 aromatic carbocycles. The Morgan fingerprint density at radius 3 is 3.00 bits per heavy atom. The third-order valence-electron chi connectivity index (χ3n) is 1.39. The summed E-state index contributed by atoms with van der Waals surface area (Å²) in [5, 5.41) is 6.01. The molecule has 1 radical (unpaired) electrons. The van der Waals surface area contributed by atoms with Gasteiger partial charge in [0.15, 0.2) is 12.0 Å². The van der Waals surface area contributed by atoms with E-state index >= 15 is 0 Å². The molecule has 0 spiro atoms. The zero-order valence-electron chi connectivity index (χ0n) is 5.95. The third kappa shape index (κ3) is 1.56. The first-order chi connectivity index (χ1) is 4.84. The molecule has 0 aliphatic heterocycles. The highest BCUT2D eigenvalue weighted by Gasteiger charge is 2.01. The highest BCUT2D eigenvalue weighted by Crippen LogP contribution is 2.04. The van der Waals surface area contributed by atoms with Gasteiger partial charge in [-0.2, -0.15) is 5.10 Å². The fourth-order valence-electron chi connectivity index (χ4n) is 0.780. The van der Waals surface area contributed by atoms with Gasteiger partial charge in [-0.05, 0) is 12.8 Å². The van der Waals surface area contributed by atoms with Crippen LogP contribution in [0.2, 0.25) is 0 Å². The van der Waals surface area contributed by atoms with Crippen molar-refractivity contribution in [1.29, 1.82) is 0 Å². The van der Waals surface area contributed by atoms with E-state index in [0.717, 1.165) is 19.3 Å². The highest BCUT2D eigenvalue weighted by atomic mass is 19.1. The van der Waals surface area contributed by atoms with E-state index in [2.05, 4.69) is 23.3 Å². The lowest BCUT2D eigenvalue weighted by atomic mass is 10.2. The molecule has 0 fully saturated rings. The largest absolute Gasteiger partial charge is 0.279 e. The maximum atomic E-state index is 12.5. The van der Waals surface area contributed by atoms with E-state index < -0.39 is 0 Å². The van der Waals surface area contributed by atoms with Gasteiger partial charge in [-0.3, -0.25) is 5.10 Å². The molecule has 1 aromatic rings. The van der Waals surface area contributed by atoms with Gasteiger partial charge in [-0.1, -0.05) is 13.3 Å². The molecular weight excluding hydrogens is 131 g/mol. The molecule has 0 bridgehead atoms. The number of H-pyrrole nitrogens is 1. The second-order valence-corrected chi connectivity index (χ2v) is 2.23. The molecule has 0 amide bonds. The number of rotatable bonds is 3. The number of aryl methyl sites for hydroxylation is 1. The molecule has 1 N–H and O–H groups in total. The van der Waals surface area contributed by atoms with Gasteiger partial charge in [0.25, 0.3) is 0 Å². The highest BCUT2D eigenvalue weighted by molar-refractivity contribution is 4.99. The van der Waals surface area contributed by atoms with Crippen molar-refractivity contribution in [3.63, 3.8) is 0 Å². The Labute approximate surface area is 59.5 Å². The Balaban J connectivity index is 2.49. The average Bonchev–Trinajstić information content (AvgIpc) is 2.31. The number of nitrogens with zero attached hydrogens (tertiary/aromatic N) is 1. The first-order valence-corrected chi connectivity index (χ1v) is 3.45. The Bertz CT molecular complexity index is 195. The Morgan fingerprint density at radius 2 is 2.50 bits per heavy atom. The van der Waals surface area contributed by atoms with E-state index in [1.165, 1.54) is 0 Å². The fourth-order valence-corrected chi connectivity index (χ4v) is 0.780. The molecule has 2 nitrogen and oxygen atoms in total. The van der Waals surface area contributed by atoms with Gasteiger partial charge in [-0.25, -0.2) is 4.39 Å². The summed E-state index contributed by atoms with van der Waals surface area (Å²) >= 11 is 0.